The Bertz CT molecular complexity index is 336. The second-order valence-corrected chi connectivity index (χ2v) is 3.76. The van der Waals surface area contributed by atoms with E-state index in [0.717, 1.165) is 31.6 Å². The molecule has 0 saturated carbocycles. The highest BCUT2D eigenvalue weighted by Crippen LogP contribution is 2.11. The summed E-state index contributed by atoms with van der Waals surface area (Å²) in [6, 6.07) is 7.39. The van der Waals surface area contributed by atoms with Gasteiger partial charge in [0.15, 0.2) is 0 Å². The third kappa shape index (κ3) is 4.32. The molecular formula is C14H19NO. The quantitative estimate of drug-likeness (QED) is 0.710. The maximum Gasteiger partial charge on any atom is 0.115 e. The number of nitrogens with zero attached hydrogens (tertiary/aromatic N) is 1. The Morgan fingerprint density at radius 1 is 1.19 bits per heavy atom. The smallest absolute Gasteiger partial charge is 0.115 e. The lowest BCUT2D eigenvalue weighted by Gasteiger charge is -2.18. The predicted molar refractivity (Wildman–Crippen MR) is 68.6 cm³/mol. The number of hydrogen-bond donors (Lipinski definition) is 1. The maximum absolute atomic E-state index is 9.34. The number of phenols is 1. The molecule has 1 aromatic carbocycles. The summed E-state index contributed by atoms with van der Waals surface area (Å²) >= 11 is 0. The highest BCUT2D eigenvalue weighted by Gasteiger charge is 2.01. The Morgan fingerprint density at radius 3 is 2.44 bits per heavy atom. The van der Waals surface area contributed by atoms with Crippen molar-refractivity contribution in [3.05, 3.63) is 55.1 Å². The standard InChI is InChI=1S/C14H19NO/c1-3-9-15(10-4-2)11-8-13-6-5-7-14(16)12-13/h3-7,12,16H,1-2,8-11H2. The van der Waals surface area contributed by atoms with E-state index in [-0.39, 0.29) is 0 Å². The highest BCUT2D eigenvalue weighted by molar-refractivity contribution is 5.27. The van der Waals surface area contributed by atoms with Crippen LogP contribution in [0.15, 0.2) is 49.6 Å². The fraction of sp³-hybridized carbons (Fsp3) is 0.286. The molecule has 0 aliphatic heterocycles. The highest BCUT2D eigenvalue weighted by atomic mass is 16.3. The summed E-state index contributed by atoms with van der Waals surface area (Å²) in [6.07, 6.45) is 4.72. The van der Waals surface area contributed by atoms with Crippen molar-refractivity contribution in [2.24, 2.45) is 0 Å². The monoisotopic (exact) mass is 217 g/mol. The van der Waals surface area contributed by atoms with Crippen molar-refractivity contribution in [1.29, 1.82) is 0 Å². The van der Waals surface area contributed by atoms with E-state index in [1.807, 2.05) is 24.3 Å². The summed E-state index contributed by atoms with van der Waals surface area (Å²) < 4.78 is 0. The minimum atomic E-state index is 0.330. The van der Waals surface area contributed by atoms with Gasteiger partial charge < -0.3 is 5.11 Å². The van der Waals surface area contributed by atoms with E-state index < -0.39 is 0 Å². The van der Waals surface area contributed by atoms with Gasteiger partial charge in [-0.25, -0.2) is 0 Å². The zero-order valence-corrected chi connectivity index (χ0v) is 9.60. The van der Waals surface area contributed by atoms with Crippen molar-refractivity contribution in [2.45, 2.75) is 6.42 Å². The molecule has 1 aromatic rings. The molecule has 16 heavy (non-hydrogen) atoms. The molecule has 0 heterocycles. The Balaban J connectivity index is 2.47. The molecule has 0 aromatic heterocycles. The predicted octanol–water partition coefficient (Wildman–Crippen LogP) is 2.61. The van der Waals surface area contributed by atoms with Crippen molar-refractivity contribution in [1.82, 2.24) is 4.90 Å². The van der Waals surface area contributed by atoms with Gasteiger partial charge in [0.1, 0.15) is 5.75 Å². The van der Waals surface area contributed by atoms with Gasteiger partial charge in [0.2, 0.25) is 0 Å². The summed E-state index contributed by atoms with van der Waals surface area (Å²) in [6.45, 7) is 10.1. The molecule has 2 heteroatoms. The van der Waals surface area contributed by atoms with Gasteiger partial charge >= 0.3 is 0 Å². The summed E-state index contributed by atoms with van der Waals surface area (Å²) in [7, 11) is 0. The Kier molecular flexibility index (Phi) is 5.37. The van der Waals surface area contributed by atoms with E-state index in [0.29, 0.717) is 5.75 Å². The Labute approximate surface area is 97.5 Å². The molecule has 0 radical (unpaired) electrons. The van der Waals surface area contributed by atoms with Crippen LogP contribution in [0.1, 0.15) is 5.56 Å². The molecule has 0 saturated heterocycles. The van der Waals surface area contributed by atoms with Crippen molar-refractivity contribution in [3.8, 4) is 5.75 Å². The molecular weight excluding hydrogens is 198 g/mol. The summed E-state index contributed by atoms with van der Waals surface area (Å²) in [5.74, 6) is 0.330. The lowest BCUT2D eigenvalue weighted by molar-refractivity contribution is 0.339. The molecule has 0 bridgehead atoms. The molecule has 0 atom stereocenters. The summed E-state index contributed by atoms with van der Waals surface area (Å²) in [4.78, 5) is 2.25. The van der Waals surface area contributed by atoms with Crippen LogP contribution in [0.4, 0.5) is 0 Å². The van der Waals surface area contributed by atoms with Gasteiger partial charge in [0, 0.05) is 19.6 Å². The SMILES string of the molecule is C=CCN(CC=C)CCc1cccc(O)c1. The van der Waals surface area contributed by atoms with Gasteiger partial charge in [0.05, 0.1) is 0 Å². The molecule has 0 aliphatic carbocycles. The first-order chi connectivity index (χ1) is 7.76. The second-order valence-electron chi connectivity index (χ2n) is 3.76. The third-order valence-corrected chi connectivity index (χ3v) is 2.40. The minimum Gasteiger partial charge on any atom is -0.508 e. The minimum absolute atomic E-state index is 0.330. The molecule has 2 nitrogen and oxygen atoms in total. The average Bonchev–Trinajstić information content (AvgIpc) is 2.27. The molecule has 1 N–H and O–H groups in total. The largest absolute Gasteiger partial charge is 0.508 e. The lowest BCUT2D eigenvalue weighted by Crippen LogP contribution is -2.26. The van der Waals surface area contributed by atoms with E-state index in [9.17, 15) is 5.11 Å². The van der Waals surface area contributed by atoms with Crippen LogP contribution in [0.5, 0.6) is 5.75 Å². The fourth-order valence-electron chi connectivity index (χ4n) is 1.62. The third-order valence-electron chi connectivity index (χ3n) is 2.40. The number of phenolic OH excluding ortho intramolecular Hbond substituents is 1. The van der Waals surface area contributed by atoms with Crippen molar-refractivity contribution < 1.29 is 5.11 Å². The van der Waals surface area contributed by atoms with E-state index >= 15 is 0 Å². The summed E-state index contributed by atoms with van der Waals surface area (Å²) in [5, 5.41) is 9.34. The van der Waals surface area contributed by atoms with Crippen LogP contribution in [0, 0.1) is 0 Å². The van der Waals surface area contributed by atoms with Crippen LogP contribution in [0.3, 0.4) is 0 Å². The van der Waals surface area contributed by atoms with Crippen LogP contribution >= 0.6 is 0 Å². The van der Waals surface area contributed by atoms with Gasteiger partial charge in [-0.3, -0.25) is 4.90 Å². The van der Waals surface area contributed by atoms with E-state index in [1.165, 1.54) is 0 Å². The van der Waals surface area contributed by atoms with E-state index in [2.05, 4.69) is 18.1 Å². The second kappa shape index (κ2) is 6.85. The Morgan fingerprint density at radius 2 is 1.88 bits per heavy atom. The van der Waals surface area contributed by atoms with Crippen molar-refractivity contribution in [3.63, 3.8) is 0 Å². The molecule has 86 valence electrons. The van der Waals surface area contributed by atoms with Gasteiger partial charge in [-0.2, -0.15) is 0 Å². The molecule has 0 unspecified atom stereocenters. The van der Waals surface area contributed by atoms with Crippen molar-refractivity contribution in [2.75, 3.05) is 19.6 Å². The first kappa shape index (κ1) is 12.5. The van der Waals surface area contributed by atoms with Crippen LogP contribution in [0.2, 0.25) is 0 Å². The van der Waals surface area contributed by atoms with Crippen LogP contribution in [0.25, 0.3) is 0 Å². The number of benzene rings is 1. The average molecular weight is 217 g/mol. The molecule has 1 rings (SSSR count). The van der Waals surface area contributed by atoms with Crippen molar-refractivity contribution >= 4 is 0 Å². The zero-order chi connectivity index (χ0) is 11.8. The lowest BCUT2D eigenvalue weighted by atomic mass is 10.1. The first-order valence-corrected chi connectivity index (χ1v) is 5.48. The normalized spacial score (nSPS) is 10.3. The maximum atomic E-state index is 9.34. The van der Waals surface area contributed by atoms with Crippen LogP contribution in [-0.4, -0.2) is 29.6 Å². The van der Waals surface area contributed by atoms with Gasteiger partial charge in [-0.1, -0.05) is 24.3 Å². The van der Waals surface area contributed by atoms with Gasteiger partial charge in [-0.05, 0) is 24.1 Å². The fourth-order valence-corrected chi connectivity index (χ4v) is 1.62. The summed E-state index contributed by atoms with van der Waals surface area (Å²) in [5.41, 5.74) is 1.15. The number of aromatic hydroxyl groups is 1. The van der Waals surface area contributed by atoms with Crippen LogP contribution in [-0.2, 0) is 6.42 Å². The van der Waals surface area contributed by atoms with Gasteiger partial charge in [0.25, 0.3) is 0 Å². The zero-order valence-electron chi connectivity index (χ0n) is 9.60. The van der Waals surface area contributed by atoms with E-state index in [1.54, 1.807) is 12.1 Å². The number of rotatable bonds is 7. The molecule has 0 fully saturated rings. The Hall–Kier alpha value is -1.54. The number of hydrogen-bond acceptors (Lipinski definition) is 2. The topological polar surface area (TPSA) is 23.5 Å². The molecule has 0 aliphatic rings. The first-order valence-electron chi connectivity index (χ1n) is 5.48. The van der Waals surface area contributed by atoms with Gasteiger partial charge in [-0.15, -0.1) is 13.2 Å². The van der Waals surface area contributed by atoms with E-state index in [4.69, 9.17) is 0 Å². The molecule has 0 amide bonds. The van der Waals surface area contributed by atoms with Crippen LogP contribution < -0.4 is 0 Å². The molecule has 0 spiro atoms.